The van der Waals surface area contributed by atoms with Crippen molar-refractivity contribution in [3.8, 4) is 6.07 Å². The molecule has 1 amide bonds. The summed E-state index contributed by atoms with van der Waals surface area (Å²) in [4.78, 5) is 29.8. The zero-order valence-corrected chi connectivity index (χ0v) is 17.8. The number of fused-ring (bicyclic) bond motifs is 1. The molecule has 1 heterocycles. The Morgan fingerprint density at radius 2 is 1.97 bits per heavy atom. The second-order valence-electron chi connectivity index (χ2n) is 7.07. The number of nitriles is 1. The van der Waals surface area contributed by atoms with Crippen molar-refractivity contribution in [1.29, 1.82) is 5.26 Å². The van der Waals surface area contributed by atoms with Crippen LogP contribution in [0.1, 0.15) is 57.9 Å². The average molecular weight is 435 g/mol. The van der Waals surface area contributed by atoms with E-state index < -0.39 is 35.8 Å². The minimum absolute atomic E-state index is 0.0392. The molecule has 1 aromatic heterocycles. The second-order valence-corrected chi connectivity index (χ2v) is 7.07. The van der Waals surface area contributed by atoms with E-state index in [1.54, 1.807) is 6.07 Å². The number of nitrogens with zero attached hydrogens (tertiary/aromatic N) is 4. The number of carbonyl (C=O) groups is 2. The molecule has 0 aliphatic heterocycles. The van der Waals surface area contributed by atoms with Crippen LogP contribution in [0.4, 0.5) is 14.7 Å². The summed E-state index contributed by atoms with van der Waals surface area (Å²) >= 11 is 0. The minimum atomic E-state index is -0.911. The molecular weight excluding hydrogens is 408 g/mol. The number of ether oxygens (including phenoxy) is 1. The van der Waals surface area contributed by atoms with E-state index in [-0.39, 0.29) is 36.5 Å². The molecule has 1 aromatic carbocycles. The largest absolute Gasteiger partial charge is 0.443 e. The van der Waals surface area contributed by atoms with Crippen LogP contribution in [-0.4, -0.2) is 34.7 Å². The molecule has 0 saturated carbocycles. The van der Waals surface area contributed by atoms with Crippen LogP contribution >= 0.6 is 0 Å². The van der Waals surface area contributed by atoms with Gasteiger partial charge < -0.3 is 15.0 Å². The number of benzene rings is 1. The molecule has 2 aromatic rings. The number of esters is 1. The summed E-state index contributed by atoms with van der Waals surface area (Å²) in [5.74, 6) is -2.95. The SMILES string of the molecule is CCCCCC(=O)N(COC(=O)CN)c1nc2c(F)cc(C#N)c(F)c2n1CCCC. The molecule has 0 fully saturated rings. The Hall–Kier alpha value is -3.06. The fourth-order valence-corrected chi connectivity index (χ4v) is 3.13. The molecule has 0 aliphatic rings. The zero-order chi connectivity index (χ0) is 23.0. The van der Waals surface area contributed by atoms with Crippen molar-refractivity contribution in [3.63, 3.8) is 0 Å². The number of nitrogens with two attached hydrogens (primary N) is 1. The van der Waals surface area contributed by atoms with E-state index >= 15 is 0 Å². The van der Waals surface area contributed by atoms with E-state index in [0.29, 0.717) is 12.8 Å². The van der Waals surface area contributed by atoms with Gasteiger partial charge in [0.2, 0.25) is 11.9 Å². The molecule has 2 rings (SSSR count). The second kappa shape index (κ2) is 11.4. The number of aromatic nitrogens is 2. The van der Waals surface area contributed by atoms with E-state index in [0.717, 1.165) is 30.2 Å². The third kappa shape index (κ3) is 5.55. The molecule has 0 aliphatic carbocycles. The number of hydrogen-bond acceptors (Lipinski definition) is 6. The van der Waals surface area contributed by atoms with Gasteiger partial charge in [-0.2, -0.15) is 5.26 Å². The van der Waals surface area contributed by atoms with E-state index in [1.807, 2.05) is 13.8 Å². The number of carbonyl (C=O) groups excluding carboxylic acids is 2. The van der Waals surface area contributed by atoms with Gasteiger partial charge in [0.05, 0.1) is 12.1 Å². The van der Waals surface area contributed by atoms with Gasteiger partial charge in [-0.3, -0.25) is 9.59 Å². The van der Waals surface area contributed by atoms with Crippen LogP contribution in [0.3, 0.4) is 0 Å². The molecule has 0 radical (unpaired) electrons. The van der Waals surface area contributed by atoms with Gasteiger partial charge >= 0.3 is 5.97 Å². The summed E-state index contributed by atoms with van der Waals surface area (Å²) in [7, 11) is 0. The van der Waals surface area contributed by atoms with Gasteiger partial charge in [-0.15, -0.1) is 0 Å². The van der Waals surface area contributed by atoms with Crippen LogP contribution in [-0.2, 0) is 20.9 Å². The smallest absolute Gasteiger partial charge is 0.321 e. The van der Waals surface area contributed by atoms with Crippen molar-refractivity contribution in [2.45, 2.75) is 58.9 Å². The van der Waals surface area contributed by atoms with E-state index in [1.165, 1.54) is 4.57 Å². The summed E-state index contributed by atoms with van der Waals surface area (Å²) in [6, 6.07) is 2.41. The minimum Gasteiger partial charge on any atom is -0.443 e. The first kappa shape index (κ1) is 24.2. The molecule has 168 valence electrons. The fraction of sp³-hybridized carbons (Fsp3) is 0.524. The highest BCUT2D eigenvalue weighted by Crippen LogP contribution is 2.30. The first-order valence-electron chi connectivity index (χ1n) is 10.3. The van der Waals surface area contributed by atoms with Crippen molar-refractivity contribution in [2.24, 2.45) is 5.73 Å². The number of amides is 1. The van der Waals surface area contributed by atoms with Crippen molar-refractivity contribution in [2.75, 3.05) is 18.2 Å². The van der Waals surface area contributed by atoms with Gasteiger partial charge in [0.25, 0.3) is 0 Å². The van der Waals surface area contributed by atoms with Crippen molar-refractivity contribution in [1.82, 2.24) is 9.55 Å². The van der Waals surface area contributed by atoms with Crippen LogP contribution in [0.15, 0.2) is 6.07 Å². The third-order valence-corrected chi connectivity index (χ3v) is 4.80. The Kier molecular flexibility index (Phi) is 8.88. The quantitative estimate of drug-likeness (QED) is 0.329. The summed E-state index contributed by atoms with van der Waals surface area (Å²) in [6.45, 7) is 3.29. The zero-order valence-electron chi connectivity index (χ0n) is 17.8. The molecule has 0 unspecified atom stereocenters. The first-order valence-corrected chi connectivity index (χ1v) is 10.3. The van der Waals surface area contributed by atoms with E-state index in [4.69, 9.17) is 15.7 Å². The lowest BCUT2D eigenvalue weighted by molar-refractivity contribution is -0.142. The average Bonchev–Trinajstić information content (AvgIpc) is 3.14. The normalized spacial score (nSPS) is 10.8. The predicted octanol–water partition coefficient (Wildman–Crippen LogP) is 3.36. The molecular formula is C21H27F2N5O3. The Bertz CT molecular complexity index is 984. The number of hydrogen-bond donors (Lipinski definition) is 1. The maximum Gasteiger partial charge on any atom is 0.321 e. The number of rotatable bonds is 11. The summed E-state index contributed by atoms with van der Waals surface area (Å²) < 4.78 is 36.0. The lowest BCUT2D eigenvalue weighted by atomic mass is 10.2. The number of unbranched alkanes of at least 4 members (excludes halogenated alkanes) is 3. The van der Waals surface area contributed by atoms with Crippen LogP contribution in [0.5, 0.6) is 0 Å². The maximum atomic E-state index is 15.0. The topological polar surface area (TPSA) is 114 Å². The highest BCUT2D eigenvalue weighted by Gasteiger charge is 2.27. The van der Waals surface area contributed by atoms with Gasteiger partial charge in [-0.05, 0) is 18.9 Å². The Morgan fingerprint density at radius 1 is 1.26 bits per heavy atom. The number of anilines is 1. The van der Waals surface area contributed by atoms with Gasteiger partial charge in [0, 0.05) is 13.0 Å². The van der Waals surface area contributed by atoms with Crippen LogP contribution in [0.25, 0.3) is 11.0 Å². The standard InChI is InChI=1S/C21H27F2N5O3/c1-3-5-7-8-16(29)28(13-31-17(30)12-25)21-26-19-15(22)10-14(11-24)18(23)20(19)27(21)9-6-4-2/h10H,3-9,12-13,25H2,1-2H3. The molecule has 0 bridgehead atoms. The number of halogens is 2. The van der Waals surface area contributed by atoms with Gasteiger partial charge in [0.15, 0.2) is 18.4 Å². The molecule has 0 atom stereocenters. The Labute approximate surface area is 179 Å². The van der Waals surface area contributed by atoms with Crippen LogP contribution in [0.2, 0.25) is 0 Å². The van der Waals surface area contributed by atoms with Crippen molar-refractivity contribution >= 4 is 28.9 Å². The highest BCUT2D eigenvalue weighted by molar-refractivity contribution is 5.94. The molecule has 10 heteroatoms. The summed E-state index contributed by atoms with van der Waals surface area (Å²) in [5, 5.41) is 9.15. The molecule has 31 heavy (non-hydrogen) atoms. The molecule has 0 saturated heterocycles. The Morgan fingerprint density at radius 3 is 2.58 bits per heavy atom. The molecule has 8 nitrogen and oxygen atoms in total. The van der Waals surface area contributed by atoms with Crippen LogP contribution in [0, 0.1) is 23.0 Å². The lowest BCUT2D eigenvalue weighted by Gasteiger charge is -2.22. The first-order chi connectivity index (χ1) is 14.9. The highest BCUT2D eigenvalue weighted by atomic mass is 19.1. The van der Waals surface area contributed by atoms with Crippen molar-refractivity contribution in [3.05, 3.63) is 23.3 Å². The van der Waals surface area contributed by atoms with E-state index in [2.05, 4.69) is 4.98 Å². The van der Waals surface area contributed by atoms with Gasteiger partial charge in [-0.25, -0.2) is 18.7 Å². The monoisotopic (exact) mass is 435 g/mol. The summed E-state index contributed by atoms with van der Waals surface area (Å²) in [6.07, 6.45) is 3.82. The third-order valence-electron chi connectivity index (χ3n) is 4.80. The maximum absolute atomic E-state index is 15.0. The van der Waals surface area contributed by atoms with Gasteiger partial charge in [0.1, 0.15) is 17.1 Å². The van der Waals surface area contributed by atoms with Crippen molar-refractivity contribution < 1.29 is 23.1 Å². The fourth-order valence-electron chi connectivity index (χ4n) is 3.13. The number of aryl methyl sites for hydroxylation is 1. The van der Waals surface area contributed by atoms with Gasteiger partial charge in [-0.1, -0.05) is 33.1 Å². The number of imidazole rings is 1. The molecule has 2 N–H and O–H groups in total. The Balaban J connectivity index is 2.62. The van der Waals surface area contributed by atoms with Crippen LogP contribution < -0.4 is 10.6 Å². The molecule has 0 spiro atoms. The lowest BCUT2D eigenvalue weighted by Crippen LogP contribution is -2.37. The van der Waals surface area contributed by atoms with E-state index in [9.17, 15) is 18.4 Å². The summed E-state index contributed by atoms with van der Waals surface area (Å²) in [5.41, 5.74) is 4.33. The predicted molar refractivity (Wildman–Crippen MR) is 111 cm³/mol.